The Kier molecular flexibility index (Phi) is 6.95. The third-order valence-electron chi connectivity index (χ3n) is 4.55. The first kappa shape index (κ1) is 20.8. The van der Waals surface area contributed by atoms with Crippen LogP contribution in [0.25, 0.3) is 10.8 Å². The van der Waals surface area contributed by atoms with E-state index >= 15 is 0 Å². The number of hydrogen-bond donors (Lipinski definition) is 3. The van der Waals surface area contributed by atoms with Gasteiger partial charge in [0, 0.05) is 29.5 Å². The molecule has 30 heavy (non-hydrogen) atoms. The Morgan fingerprint density at radius 2 is 1.70 bits per heavy atom. The van der Waals surface area contributed by atoms with Gasteiger partial charge >= 0.3 is 0 Å². The van der Waals surface area contributed by atoms with Gasteiger partial charge in [0.15, 0.2) is 0 Å². The van der Waals surface area contributed by atoms with Gasteiger partial charge in [-0.15, -0.1) is 6.58 Å². The van der Waals surface area contributed by atoms with Crippen LogP contribution in [0.15, 0.2) is 78.4 Å². The van der Waals surface area contributed by atoms with Crippen LogP contribution in [0.1, 0.15) is 24.0 Å². The Balaban J connectivity index is 1.51. The van der Waals surface area contributed by atoms with Gasteiger partial charge in [0.25, 0.3) is 0 Å². The van der Waals surface area contributed by atoms with Crippen LogP contribution in [0.4, 0.5) is 5.69 Å². The molecule has 0 fully saturated rings. The molecule has 0 aliphatic carbocycles. The van der Waals surface area contributed by atoms with Crippen molar-refractivity contribution in [1.29, 1.82) is 0 Å². The largest absolute Gasteiger partial charge is 0.507 e. The van der Waals surface area contributed by atoms with Gasteiger partial charge in [0.1, 0.15) is 5.75 Å². The summed E-state index contributed by atoms with van der Waals surface area (Å²) in [6, 6.07) is 18.7. The smallest absolute Gasteiger partial charge is 0.240 e. The fourth-order valence-corrected chi connectivity index (χ4v) is 3.04. The second-order valence-corrected chi connectivity index (χ2v) is 6.72. The van der Waals surface area contributed by atoms with E-state index in [-0.39, 0.29) is 30.4 Å². The lowest BCUT2D eigenvalue weighted by molar-refractivity contribution is -0.124. The summed E-state index contributed by atoms with van der Waals surface area (Å²) in [4.78, 5) is 24.2. The summed E-state index contributed by atoms with van der Waals surface area (Å²) in [5.74, 6) is -0.536. The van der Waals surface area contributed by atoms with Crippen LogP contribution >= 0.6 is 0 Å². The van der Waals surface area contributed by atoms with Crippen molar-refractivity contribution in [2.45, 2.75) is 19.3 Å². The highest BCUT2D eigenvalue weighted by Gasteiger charge is 2.09. The van der Waals surface area contributed by atoms with Crippen LogP contribution < -0.4 is 10.7 Å². The Bertz CT molecular complexity index is 1100. The van der Waals surface area contributed by atoms with E-state index in [0.29, 0.717) is 17.7 Å². The second-order valence-electron chi connectivity index (χ2n) is 6.72. The van der Waals surface area contributed by atoms with Crippen LogP contribution in [0, 0.1) is 0 Å². The molecule has 3 N–H and O–H groups in total. The van der Waals surface area contributed by atoms with E-state index in [9.17, 15) is 14.7 Å². The van der Waals surface area contributed by atoms with E-state index in [2.05, 4.69) is 22.4 Å². The minimum Gasteiger partial charge on any atom is -0.507 e. The summed E-state index contributed by atoms with van der Waals surface area (Å²) >= 11 is 0. The van der Waals surface area contributed by atoms with Gasteiger partial charge in [-0.3, -0.25) is 9.59 Å². The summed E-state index contributed by atoms with van der Waals surface area (Å²) in [5.41, 5.74) is 4.31. The van der Waals surface area contributed by atoms with E-state index < -0.39 is 0 Å². The number of benzene rings is 3. The van der Waals surface area contributed by atoms with Crippen molar-refractivity contribution in [3.63, 3.8) is 0 Å². The normalized spacial score (nSPS) is 10.8. The van der Waals surface area contributed by atoms with Crippen LogP contribution in [-0.4, -0.2) is 23.1 Å². The number of phenols is 1. The molecule has 3 aromatic rings. The maximum Gasteiger partial charge on any atom is 0.240 e. The molecule has 0 heterocycles. The summed E-state index contributed by atoms with van der Waals surface area (Å²) in [5, 5.41) is 18.9. The molecule has 2 amide bonds. The molecule has 3 aromatic carbocycles. The molecule has 0 aromatic heterocycles. The highest BCUT2D eigenvalue weighted by molar-refractivity contribution is 6.02. The lowest BCUT2D eigenvalue weighted by Gasteiger charge is -2.08. The number of hydrazone groups is 1. The highest BCUT2D eigenvalue weighted by Crippen LogP contribution is 2.23. The van der Waals surface area contributed by atoms with E-state index in [1.54, 1.807) is 24.3 Å². The lowest BCUT2D eigenvalue weighted by Crippen LogP contribution is -2.20. The fraction of sp³-hybridized carbons (Fsp3) is 0.125. The maximum absolute atomic E-state index is 12.2. The summed E-state index contributed by atoms with van der Waals surface area (Å²) in [7, 11) is 0. The minimum atomic E-state index is -0.388. The molecule has 0 atom stereocenters. The molecule has 3 rings (SSSR count). The van der Waals surface area contributed by atoms with Gasteiger partial charge < -0.3 is 10.4 Å². The SMILES string of the molecule is C=CCc1cccc(/C=N\NC(=O)CCC(=O)Nc2cccc3ccccc23)c1O. The molecule has 0 saturated carbocycles. The number of nitrogens with one attached hydrogen (secondary N) is 2. The second kappa shape index (κ2) is 10.0. The molecular formula is C24H23N3O3. The molecule has 152 valence electrons. The Labute approximate surface area is 174 Å². The molecule has 0 bridgehead atoms. The zero-order chi connectivity index (χ0) is 21.3. The Morgan fingerprint density at radius 1 is 0.967 bits per heavy atom. The van der Waals surface area contributed by atoms with Gasteiger partial charge in [0.2, 0.25) is 11.8 Å². The molecule has 0 aliphatic rings. The average molecular weight is 401 g/mol. The van der Waals surface area contributed by atoms with Gasteiger partial charge in [-0.05, 0) is 29.5 Å². The minimum absolute atomic E-state index is 0.00355. The van der Waals surface area contributed by atoms with Gasteiger partial charge in [0.05, 0.1) is 6.21 Å². The van der Waals surface area contributed by atoms with Crippen molar-refractivity contribution in [3.8, 4) is 5.75 Å². The molecular weight excluding hydrogens is 378 g/mol. The van der Waals surface area contributed by atoms with Crippen molar-refractivity contribution >= 4 is 34.5 Å². The Hall–Kier alpha value is -3.93. The number of fused-ring (bicyclic) bond motifs is 1. The van der Waals surface area contributed by atoms with Crippen molar-refractivity contribution in [1.82, 2.24) is 5.43 Å². The number of carbonyl (C=O) groups is 2. The third-order valence-corrected chi connectivity index (χ3v) is 4.55. The van der Waals surface area contributed by atoms with Crippen molar-refractivity contribution in [2.24, 2.45) is 5.10 Å². The number of phenolic OH excluding ortho intramolecular Hbond substituents is 1. The summed E-state index contributed by atoms with van der Waals surface area (Å²) in [6.45, 7) is 3.65. The number of aromatic hydroxyl groups is 1. The molecule has 0 aliphatic heterocycles. The molecule has 0 unspecified atom stereocenters. The number of nitrogens with zero attached hydrogens (tertiary/aromatic N) is 1. The van der Waals surface area contributed by atoms with Crippen molar-refractivity contribution in [2.75, 3.05) is 5.32 Å². The zero-order valence-corrected chi connectivity index (χ0v) is 16.5. The number of amides is 2. The summed E-state index contributed by atoms with van der Waals surface area (Å²) in [6.07, 6.45) is 3.63. The monoisotopic (exact) mass is 401 g/mol. The van der Waals surface area contributed by atoms with Gasteiger partial charge in [-0.1, -0.05) is 54.6 Å². The first-order valence-corrected chi connectivity index (χ1v) is 9.59. The topological polar surface area (TPSA) is 90.8 Å². The van der Waals surface area contributed by atoms with Crippen molar-refractivity contribution in [3.05, 3.63) is 84.4 Å². The third kappa shape index (κ3) is 5.32. The first-order chi connectivity index (χ1) is 14.6. The summed E-state index contributed by atoms with van der Waals surface area (Å²) < 4.78 is 0. The van der Waals surface area contributed by atoms with Crippen molar-refractivity contribution < 1.29 is 14.7 Å². The number of anilines is 1. The predicted octanol–water partition coefficient (Wildman–Crippen LogP) is 4.14. The predicted molar refractivity (Wildman–Crippen MR) is 120 cm³/mol. The number of rotatable bonds is 8. The van der Waals surface area contributed by atoms with Crippen LogP contribution in [0.5, 0.6) is 5.75 Å². The van der Waals surface area contributed by atoms with Crippen LogP contribution in [0.3, 0.4) is 0 Å². The number of allylic oxidation sites excluding steroid dienone is 1. The highest BCUT2D eigenvalue weighted by atomic mass is 16.3. The quantitative estimate of drug-likeness (QED) is 0.301. The number of carbonyl (C=O) groups excluding carboxylic acids is 2. The van der Waals surface area contributed by atoms with Crippen LogP contribution in [0.2, 0.25) is 0 Å². The molecule has 0 spiro atoms. The van der Waals surface area contributed by atoms with Gasteiger partial charge in [-0.25, -0.2) is 5.43 Å². The molecule has 6 heteroatoms. The number of para-hydroxylation sites is 1. The van der Waals surface area contributed by atoms with Gasteiger partial charge in [-0.2, -0.15) is 5.10 Å². The average Bonchev–Trinajstić information content (AvgIpc) is 2.75. The molecule has 0 radical (unpaired) electrons. The van der Waals surface area contributed by atoms with E-state index in [4.69, 9.17) is 0 Å². The maximum atomic E-state index is 12.2. The van der Waals surface area contributed by atoms with Crippen LogP contribution in [-0.2, 0) is 16.0 Å². The van der Waals surface area contributed by atoms with E-state index in [1.165, 1.54) is 6.21 Å². The molecule has 0 saturated heterocycles. The first-order valence-electron chi connectivity index (χ1n) is 9.59. The standard InChI is InChI=1S/C24H23N3O3/c1-2-7-18-10-5-11-19(24(18)30)16-25-27-23(29)15-14-22(28)26-21-13-6-9-17-8-3-4-12-20(17)21/h2-6,8-13,16,30H,1,7,14-15H2,(H,26,28)(H,27,29)/b25-16-. The van der Waals surface area contributed by atoms with E-state index in [1.807, 2.05) is 42.5 Å². The molecule has 6 nitrogen and oxygen atoms in total. The number of hydrogen-bond acceptors (Lipinski definition) is 4. The Morgan fingerprint density at radius 3 is 2.53 bits per heavy atom. The lowest BCUT2D eigenvalue weighted by atomic mass is 10.1. The van der Waals surface area contributed by atoms with E-state index in [0.717, 1.165) is 16.3 Å². The zero-order valence-electron chi connectivity index (χ0n) is 16.5. The fourth-order valence-electron chi connectivity index (χ4n) is 3.04.